The van der Waals surface area contributed by atoms with Crippen LogP contribution in [0.5, 0.6) is 0 Å². The summed E-state index contributed by atoms with van der Waals surface area (Å²) in [5.41, 5.74) is 0.0519. The van der Waals surface area contributed by atoms with E-state index in [2.05, 4.69) is 17.2 Å². The molecule has 96 valence electrons. The molecule has 0 aliphatic carbocycles. The Morgan fingerprint density at radius 1 is 1.39 bits per heavy atom. The highest BCUT2D eigenvalue weighted by Crippen LogP contribution is 2.21. The first-order valence-corrected chi connectivity index (χ1v) is 6.88. The molecule has 0 saturated carbocycles. The van der Waals surface area contributed by atoms with E-state index in [0.717, 1.165) is 10.6 Å². The summed E-state index contributed by atoms with van der Waals surface area (Å²) in [7, 11) is 0. The molecule has 1 heterocycles. The second kappa shape index (κ2) is 5.61. The zero-order valence-corrected chi connectivity index (χ0v) is 11.4. The fraction of sp³-hybridized carbons (Fsp3) is 0.357. The molecular formula is C14H18N2OS. The van der Waals surface area contributed by atoms with E-state index in [4.69, 9.17) is 0 Å². The van der Waals surface area contributed by atoms with E-state index in [1.807, 2.05) is 42.6 Å². The summed E-state index contributed by atoms with van der Waals surface area (Å²) in [6.45, 7) is 4.38. The molecule has 2 N–H and O–H groups in total. The standard InChI is InChI=1S/C14H18N2OS/c1-11(13-15-8-9-18-13)16-10-14(2,17)12-6-4-3-5-7-12/h3-9,11,16-17H,10H2,1-2H3. The first-order chi connectivity index (χ1) is 8.59. The van der Waals surface area contributed by atoms with Crippen molar-refractivity contribution in [1.29, 1.82) is 0 Å². The molecule has 0 bridgehead atoms. The molecule has 0 fully saturated rings. The Morgan fingerprint density at radius 3 is 2.72 bits per heavy atom. The minimum atomic E-state index is -0.868. The SMILES string of the molecule is CC(NCC(C)(O)c1ccccc1)c1nccs1. The maximum Gasteiger partial charge on any atom is 0.109 e. The Balaban J connectivity index is 1.97. The van der Waals surface area contributed by atoms with E-state index >= 15 is 0 Å². The van der Waals surface area contributed by atoms with Crippen LogP contribution in [0.25, 0.3) is 0 Å². The van der Waals surface area contributed by atoms with Crippen LogP contribution in [0.3, 0.4) is 0 Å². The number of nitrogens with zero attached hydrogens (tertiary/aromatic N) is 1. The summed E-state index contributed by atoms with van der Waals surface area (Å²) in [5.74, 6) is 0. The average molecular weight is 262 g/mol. The Hall–Kier alpha value is -1.23. The van der Waals surface area contributed by atoms with Gasteiger partial charge in [-0.05, 0) is 19.4 Å². The number of thiazole rings is 1. The first kappa shape index (κ1) is 13.2. The summed E-state index contributed by atoms with van der Waals surface area (Å²) < 4.78 is 0. The van der Waals surface area contributed by atoms with Gasteiger partial charge in [-0.1, -0.05) is 30.3 Å². The molecule has 2 aromatic rings. The predicted octanol–water partition coefficient (Wildman–Crippen LogP) is 2.70. The van der Waals surface area contributed by atoms with Crippen molar-refractivity contribution < 1.29 is 5.11 Å². The van der Waals surface area contributed by atoms with Gasteiger partial charge in [-0.15, -0.1) is 11.3 Å². The predicted molar refractivity (Wildman–Crippen MR) is 74.5 cm³/mol. The Kier molecular flexibility index (Phi) is 4.11. The second-order valence-electron chi connectivity index (χ2n) is 4.61. The molecule has 0 spiro atoms. The average Bonchev–Trinajstić information content (AvgIpc) is 2.91. The van der Waals surface area contributed by atoms with Crippen molar-refractivity contribution >= 4 is 11.3 Å². The van der Waals surface area contributed by atoms with Gasteiger partial charge in [0.2, 0.25) is 0 Å². The number of hydrogen-bond acceptors (Lipinski definition) is 4. The van der Waals surface area contributed by atoms with Gasteiger partial charge in [-0.25, -0.2) is 4.98 Å². The zero-order valence-electron chi connectivity index (χ0n) is 10.6. The topological polar surface area (TPSA) is 45.1 Å². The molecule has 2 unspecified atom stereocenters. The Bertz CT molecular complexity index is 468. The molecular weight excluding hydrogens is 244 g/mol. The summed E-state index contributed by atoms with van der Waals surface area (Å²) in [4.78, 5) is 4.26. The minimum Gasteiger partial charge on any atom is -0.384 e. The molecule has 18 heavy (non-hydrogen) atoms. The van der Waals surface area contributed by atoms with Crippen LogP contribution < -0.4 is 5.32 Å². The third-order valence-electron chi connectivity index (χ3n) is 2.97. The molecule has 3 nitrogen and oxygen atoms in total. The Morgan fingerprint density at radius 2 is 2.11 bits per heavy atom. The molecule has 0 aliphatic rings. The van der Waals surface area contributed by atoms with Gasteiger partial charge in [-0.3, -0.25) is 0 Å². The highest BCUT2D eigenvalue weighted by molar-refractivity contribution is 7.09. The minimum absolute atomic E-state index is 0.153. The lowest BCUT2D eigenvalue weighted by atomic mass is 9.96. The van der Waals surface area contributed by atoms with Crippen molar-refractivity contribution in [2.45, 2.75) is 25.5 Å². The highest BCUT2D eigenvalue weighted by Gasteiger charge is 2.23. The van der Waals surface area contributed by atoms with Crippen molar-refractivity contribution in [2.24, 2.45) is 0 Å². The molecule has 1 aromatic heterocycles. The normalized spacial score (nSPS) is 16.2. The van der Waals surface area contributed by atoms with Crippen molar-refractivity contribution in [3.05, 3.63) is 52.5 Å². The van der Waals surface area contributed by atoms with Gasteiger partial charge in [0.15, 0.2) is 0 Å². The summed E-state index contributed by atoms with van der Waals surface area (Å²) >= 11 is 1.62. The van der Waals surface area contributed by atoms with Gasteiger partial charge in [0, 0.05) is 18.1 Å². The van der Waals surface area contributed by atoms with Crippen molar-refractivity contribution in [3.8, 4) is 0 Å². The second-order valence-corrected chi connectivity index (χ2v) is 5.54. The fourth-order valence-corrected chi connectivity index (χ4v) is 2.46. The van der Waals surface area contributed by atoms with Crippen molar-refractivity contribution in [3.63, 3.8) is 0 Å². The van der Waals surface area contributed by atoms with Crippen LogP contribution in [-0.4, -0.2) is 16.6 Å². The summed E-state index contributed by atoms with van der Waals surface area (Å²) in [6, 6.07) is 9.86. The van der Waals surface area contributed by atoms with E-state index in [9.17, 15) is 5.11 Å². The first-order valence-electron chi connectivity index (χ1n) is 6.00. The lowest BCUT2D eigenvalue weighted by Crippen LogP contribution is -2.36. The highest BCUT2D eigenvalue weighted by atomic mass is 32.1. The van der Waals surface area contributed by atoms with Crippen LogP contribution in [0.1, 0.15) is 30.5 Å². The third kappa shape index (κ3) is 3.16. The number of aliphatic hydroxyl groups is 1. The van der Waals surface area contributed by atoms with E-state index in [0.29, 0.717) is 6.54 Å². The van der Waals surface area contributed by atoms with E-state index in [1.165, 1.54) is 0 Å². The lowest BCUT2D eigenvalue weighted by molar-refractivity contribution is 0.0543. The van der Waals surface area contributed by atoms with E-state index in [-0.39, 0.29) is 6.04 Å². The molecule has 4 heteroatoms. The fourth-order valence-electron chi connectivity index (χ4n) is 1.79. The van der Waals surface area contributed by atoms with Gasteiger partial charge in [-0.2, -0.15) is 0 Å². The van der Waals surface area contributed by atoms with Crippen molar-refractivity contribution in [1.82, 2.24) is 10.3 Å². The number of aromatic nitrogens is 1. The third-order valence-corrected chi connectivity index (χ3v) is 3.93. The number of rotatable bonds is 5. The van der Waals surface area contributed by atoms with Gasteiger partial charge < -0.3 is 10.4 Å². The van der Waals surface area contributed by atoms with E-state index < -0.39 is 5.60 Å². The summed E-state index contributed by atoms with van der Waals surface area (Å²) in [6.07, 6.45) is 1.80. The molecule has 0 amide bonds. The van der Waals surface area contributed by atoms with Crippen molar-refractivity contribution in [2.75, 3.05) is 6.54 Å². The van der Waals surface area contributed by atoms with Crippen LogP contribution in [0, 0.1) is 0 Å². The van der Waals surface area contributed by atoms with Gasteiger partial charge >= 0.3 is 0 Å². The largest absolute Gasteiger partial charge is 0.384 e. The molecule has 0 radical (unpaired) electrons. The van der Waals surface area contributed by atoms with Crippen LogP contribution in [-0.2, 0) is 5.60 Å². The summed E-state index contributed by atoms with van der Waals surface area (Å²) in [5, 5.41) is 16.8. The smallest absolute Gasteiger partial charge is 0.109 e. The molecule has 1 aromatic carbocycles. The molecule has 0 saturated heterocycles. The monoisotopic (exact) mass is 262 g/mol. The molecule has 2 atom stereocenters. The maximum absolute atomic E-state index is 10.5. The number of hydrogen-bond donors (Lipinski definition) is 2. The van der Waals surface area contributed by atoms with Crippen LogP contribution >= 0.6 is 11.3 Å². The van der Waals surface area contributed by atoms with Gasteiger partial charge in [0.25, 0.3) is 0 Å². The lowest BCUT2D eigenvalue weighted by Gasteiger charge is -2.26. The molecule has 2 rings (SSSR count). The number of benzene rings is 1. The van der Waals surface area contributed by atoms with Crippen LogP contribution in [0.2, 0.25) is 0 Å². The maximum atomic E-state index is 10.5. The zero-order chi connectivity index (χ0) is 13.0. The van der Waals surface area contributed by atoms with Gasteiger partial charge in [0.05, 0.1) is 11.6 Å². The van der Waals surface area contributed by atoms with Crippen LogP contribution in [0.4, 0.5) is 0 Å². The van der Waals surface area contributed by atoms with Crippen LogP contribution in [0.15, 0.2) is 41.9 Å². The van der Waals surface area contributed by atoms with Gasteiger partial charge in [0.1, 0.15) is 5.01 Å². The quantitative estimate of drug-likeness (QED) is 0.871. The Labute approximate surface area is 112 Å². The van der Waals surface area contributed by atoms with E-state index in [1.54, 1.807) is 17.5 Å². The molecule has 0 aliphatic heterocycles. The number of nitrogens with one attached hydrogen (secondary N) is 1.